The van der Waals surface area contributed by atoms with Gasteiger partial charge in [0.25, 0.3) is 0 Å². The summed E-state index contributed by atoms with van der Waals surface area (Å²) in [5, 5.41) is 6.93. The summed E-state index contributed by atoms with van der Waals surface area (Å²) in [6.45, 7) is 4.83. The van der Waals surface area contributed by atoms with Crippen LogP contribution in [0.5, 0.6) is 0 Å². The molecule has 63 heavy (non-hydrogen) atoms. The maximum absolute atomic E-state index is 14.0. The van der Waals surface area contributed by atoms with Gasteiger partial charge in [0, 0.05) is 62.7 Å². The zero-order valence-corrected chi connectivity index (χ0v) is 36.0. The Hall–Kier alpha value is -5.84. The average molecular weight is 860 g/mol. The molecule has 0 aliphatic carbocycles. The van der Waals surface area contributed by atoms with E-state index in [2.05, 4.69) is 74.0 Å². The fourth-order valence-electron chi connectivity index (χ4n) is 9.95. The number of pyridine rings is 1. The van der Waals surface area contributed by atoms with Crippen LogP contribution in [-0.2, 0) is 23.7 Å². The Morgan fingerprint density at radius 1 is 0.683 bits per heavy atom. The average Bonchev–Trinajstić information content (AvgIpc) is 4.19. The van der Waals surface area contributed by atoms with Gasteiger partial charge in [-0.1, -0.05) is 36.4 Å². The fraction of sp³-hybridized carbons (Fsp3) is 0.489. The highest BCUT2D eigenvalue weighted by molar-refractivity contribution is 5.88. The van der Waals surface area contributed by atoms with E-state index >= 15 is 0 Å². The molecular weight excluding hydrogens is 803 g/mol. The van der Waals surface area contributed by atoms with Crippen LogP contribution in [0, 0.1) is 11.8 Å². The molecule has 3 amide bonds. The summed E-state index contributed by atoms with van der Waals surface area (Å²) in [5.41, 5.74) is 6.78. The number of carbonyl (C=O) groups is 3. The summed E-state index contributed by atoms with van der Waals surface area (Å²) in [5.74, 6) is 1.86. The Morgan fingerprint density at radius 3 is 2.00 bits per heavy atom. The zero-order valence-electron chi connectivity index (χ0n) is 36.0. The molecule has 4 aliphatic rings. The number of H-pyrrole nitrogens is 2. The SMILES string of the molecule is COC(=O)NC(CN1CCCC1c1ncc(-c2ccc(-c3ccc4cc(-c5cnc(C6CCCN6C(=O)C(NC(=O)OC)C6CCOCC6)[nH]5)cnc4c3)cc2)[nH]1)C1CCOCC1. The molecule has 0 saturated carbocycles. The number of imidazole rings is 2. The third kappa shape index (κ3) is 9.43. The third-order valence-corrected chi connectivity index (χ3v) is 13.5. The number of rotatable bonds is 12. The first-order valence-electron chi connectivity index (χ1n) is 22.3. The van der Waals surface area contributed by atoms with Crippen molar-refractivity contribution in [3.8, 4) is 33.6 Å². The van der Waals surface area contributed by atoms with Gasteiger partial charge < -0.3 is 44.4 Å². The second-order valence-electron chi connectivity index (χ2n) is 17.2. The van der Waals surface area contributed by atoms with E-state index in [0.717, 1.165) is 108 Å². The van der Waals surface area contributed by atoms with Crippen molar-refractivity contribution in [3.63, 3.8) is 0 Å². The molecule has 4 saturated heterocycles. The number of aromatic amines is 2. The number of amides is 3. The normalized spacial score (nSPS) is 21.0. The topological polar surface area (TPSA) is 189 Å². The zero-order chi connectivity index (χ0) is 43.3. The molecule has 2 aromatic carbocycles. The van der Waals surface area contributed by atoms with Gasteiger partial charge in [0.2, 0.25) is 5.91 Å². The number of hydrogen-bond donors (Lipinski definition) is 4. The number of fused-ring (bicyclic) bond motifs is 1. The summed E-state index contributed by atoms with van der Waals surface area (Å²) in [6.07, 6.45) is 11.5. The van der Waals surface area contributed by atoms with Crippen LogP contribution in [0.2, 0.25) is 0 Å². The Balaban J connectivity index is 0.854. The predicted molar refractivity (Wildman–Crippen MR) is 235 cm³/mol. The van der Waals surface area contributed by atoms with Crippen molar-refractivity contribution < 1.29 is 33.3 Å². The Kier molecular flexibility index (Phi) is 13.0. The highest BCUT2D eigenvalue weighted by Crippen LogP contribution is 2.36. The van der Waals surface area contributed by atoms with E-state index in [4.69, 9.17) is 33.9 Å². The van der Waals surface area contributed by atoms with E-state index in [1.165, 1.54) is 14.2 Å². The van der Waals surface area contributed by atoms with Crippen LogP contribution in [0.15, 0.2) is 67.1 Å². The summed E-state index contributed by atoms with van der Waals surface area (Å²) >= 11 is 0. The van der Waals surface area contributed by atoms with Gasteiger partial charge in [-0.3, -0.25) is 14.7 Å². The fourth-order valence-corrected chi connectivity index (χ4v) is 9.95. The summed E-state index contributed by atoms with van der Waals surface area (Å²) < 4.78 is 21.0. The molecule has 4 unspecified atom stereocenters. The van der Waals surface area contributed by atoms with Crippen molar-refractivity contribution in [3.05, 3.63) is 78.8 Å². The molecular formula is C47H57N9O7. The van der Waals surface area contributed by atoms with Crippen LogP contribution in [-0.4, -0.2) is 125 Å². The molecule has 16 heteroatoms. The lowest BCUT2D eigenvalue weighted by Gasteiger charge is -2.34. The van der Waals surface area contributed by atoms with Gasteiger partial charge in [0.1, 0.15) is 17.7 Å². The van der Waals surface area contributed by atoms with Crippen LogP contribution in [0.4, 0.5) is 9.59 Å². The van der Waals surface area contributed by atoms with E-state index in [1.54, 1.807) is 6.20 Å². The van der Waals surface area contributed by atoms with E-state index < -0.39 is 18.2 Å². The molecule has 0 spiro atoms. The molecule has 9 rings (SSSR count). The number of nitrogens with zero attached hydrogens (tertiary/aromatic N) is 5. The molecule has 4 fully saturated rings. The van der Waals surface area contributed by atoms with Gasteiger partial charge in [-0.05, 0) is 98.6 Å². The lowest BCUT2D eigenvalue weighted by atomic mass is 9.90. The van der Waals surface area contributed by atoms with Crippen molar-refractivity contribution in [1.29, 1.82) is 0 Å². The van der Waals surface area contributed by atoms with E-state index in [9.17, 15) is 14.4 Å². The van der Waals surface area contributed by atoms with Gasteiger partial charge in [0.15, 0.2) is 0 Å². The lowest BCUT2D eigenvalue weighted by Crippen LogP contribution is -2.53. The Labute approximate surface area is 366 Å². The van der Waals surface area contributed by atoms with E-state index in [1.807, 2.05) is 17.3 Å². The standard InChI is InChI=1S/C47H57N9O7/c1-60-46(58)53-39(31-13-19-62-20-14-31)28-55-17-3-5-40(55)43-49-26-37(51-43)30-9-7-29(8-10-30)33-11-12-34-23-35(25-48-36(34)24-33)38-27-50-44(52-38)41-6-4-18-56(41)45(57)42(54-47(59)61-2)32-15-21-63-22-16-32/h7-12,23-27,31-32,39-42H,3-6,13-22,28H2,1-2H3,(H,49,51)(H,50,52)(H,53,58)(H,54,59). The minimum atomic E-state index is -0.686. The van der Waals surface area contributed by atoms with Gasteiger partial charge in [0.05, 0.1) is 55.6 Å². The molecule has 332 valence electrons. The van der Waals surface area contributed by atoms with Crippen molar-refractivity contribution in [1.82, 2.24) is 45.4 Å². The van der Waals surface area contributed by atoms with Crippen LogP contribution in [0.1, 0.15) is 75.1 Å². The lowest BCUT2D eigenvalue weighted by molar-refractivity contribution is -0.136. The van der Waals surface area contributed by atoms with E-state index in [-0.39, 0.29) is 30.0 Å². The molecule has 7 heterocycles. The van der Waals surface area contributed by atoms with Crippen LogP contribution in [0.3, 0.4) is 0 Å². The number of hydrogen-bond acceptors (Lipinski definition) is 11. The smallest absolute Gasteiger partial charge is 0.407 e. The Bertz CT molecular complexity index is 2370. The third-order valence-electron chi connectivity index (χ3n) is 13.5. The van der Waals surface area contributed by atoms with Gasteiger partial charge in [-0.25, -0.2) is 19.6 Å². The second-order valence-corrected chi connectivity index (χ2v) is 17.2. The van der Waals surface area contributed by atoms with Crippen molar-refractivity contribution in [2.24, 2.45) is 11.8 Å². The number of nitrogens with one attached hydrogen (secondary N) is 4. The predicted octanol–water partition coefficient (Wildman–Crippen LogP) is 6.78. The molecule has 4 aliphatic heterocycles. The number of ether oxygens (including phenoxy) is 4. The van der Waals surface area contributed by atoms with Crippen molar-refractivity contribution in [2.75, 3.05) is 60.3 Å². The minimum Gasteiger partial charge on any atom is -0.453 e. The molecule has 3 aromatic heterocycles. The molecule has 0 radical (unpaired) electrons. The maximum atomic E-state index is 14.0. The Morgan fingerprint density at radius 2 is 1.29 bits per heavy atom. The summed E-state index contributed by atoms with van der Waals surface area (Å²) in [4.78, 5) is 64.4. The molecule has 4 N–H and O–H groups in total. The summed E-state index contributed by atoms with van der Waals surface area (Å²) in [6, 6.07) is 16.1. The molecule has 4 atom stereocenters. The van der Waals surface area contributed by atoms with Crippen LogP contribution >= 0.6 is 0 Å². The number of alkyl carbamates (subject to hydrolysis) is 2. The minimum absolute atomic E-state index is 0.0180. The number of benzene rings is 2. The number of aromatic nitrogens is 5. The highest BCUT2D eigenvalue weighted by Gasteiger charge is 2.40. The second kappa shape index (κ2) is 19.3. The van der Waals surface area contributed by atoms with Crippen LogP contribution in [0.25, 0.3) is 44.5 Å². The summed E-state index contributed by atoms with van der Waals surface area (Å²) in [7, 11) is 2.73. The van der Waals surface area contributed by atoms with Crippen LogP contribution < -0.4 is 10.6 Å². The molecule has 0 bridgehead atoms. The monoisotopic (exact) mass is 859 g/mol. The van der Waals surface area contributed by atoms with Crippen molar-refractivity contribution in [2.45, 2.75) is 75.5 Å². The maximum Gasteiger partial charge on any atom is 0.407 e. The number of carbonyl (C=O) groups excluding carboxylic acids is 3. The molecule has 5 aromatic rings. The first kappa shape index (κ1) is 42.5. The first-order valence-corrected chi connectivity index (χ1v) is 22.3. The highest BCUT2D eigenvalue weighted by atomic mass is 16.5. The van der Waals surface area contributed by atoms with Gasteiger partial charge in [-0.2, -0.15) is 0 Å². The quantitative estimate of drug-likeness (QED) is 0.104. The largest absolute Gasteiger partial charge is 0.453 e. The first-order chi connectivity index (χ1) is 30.8. The molecule has 16 nitrogen and oxygen atoms in total. The van der Waals surface area contributed by atoms with E-state index in [0.29, 0.717) is 51.7 Å². The van der Waals surface area contributed by atoms with Crippen molar-refractivity contribution >= 4 is 29.0 Å². The number of likely N-dealkylation sites (tertiary alicyclic amines) is 2. The number of methoxy groups -OCH3 is 2. The van der Waals surface area contributed by atoms with Gasteiger partial charge in [-0.15, -0.1) is 0 Å². The van der Waals surface area contributed by atoms with Gasteiger partial charge >= 0.3 is 12.2 Å².